The highest BCUT2D eigenvalue weighted by molar-refractivity contribution is 7.17. The van der Waals surface area contributed by atoms with E-state index in [4.69, 9.17) is 4.74 Å². The largest absolute Gasteiger partial charge is 0.465 e. The minimum Gasteiger partial charge on any atom is -0.465 e. The molecule has 0 fully saturated rings. The Morgan fingerprint density at radius 2 is 1.79 bits per heavy atom. The van der Waals surface area contributed by atoms with Crippen LogP contribution in [0.2, 0.25) is 0 Å². The summed E-state index contributed by atoms with van der Waals surface area (Å²) in [5.74, 6) is -0.325. The lowest BCUT2D eigenvalue weighted by atomic mass is 10.1. The molecule has 0 saturated carbocycles. The van der Waals surface area contributed by atoms with Crippen molar-refractivity contribution < 1.29 is 14.3 Å². The molecule has 0 saturated heterocycles. The van der Waals surface area contributed by atoms with E-state index in [1.54, 1.807) is 11.3 Å². The first-order valence-electron chi connectivity index (χ1n) is 9.20. The fraction of sp³-hybridized carbons (Fsp3) is 0.684. The van der Waals surface area contributed by atoms with Gasteiger partial charge < -0.3 is 10.1 Å². The molecule has 5 heteroatoms. The summed E-state index contributed by atoms with van der Waals surface area (Å²) in [6, 6.07) is 0. The molecule has 4 nitrogen and oxygen atoms in total. The number of methoxy groups -OCH3 is 1. The average Bonchev–Trinajstić information content (AvgIpc) is 3.14. The van der Waals surface area contributed by atoms with Gasteiger partial charge in [-0.2, -0.15) is 0 Å². The number of thiophene rings is 1. The number of rotatable bonds is 10. The Morgan fingerprint density at radius 1 is 1.08 bits per heavy atom. The summed E-state index contributed by atoms with van der Waals surface area (Å²) in [5.41, 5.74) is 1.67. The molecule has 1 amide bonds. The number of esters is 1. The van der Waals surface area contributed by atoms with Gasteiger partial charge in [0.1, 0.15) is 5.00 Å². The molecular formula is C19H29NO3S. The molecule has 1 heterocycles. The maximum atomic E-state index is 12.2. The Kier molecular flexibility index (Phi) is 7.76. The number of carbonyl (C=O) groups is 2. The van der Waals surface area contributed by atoms with Crippen LogP contribution in [0.4, 0.5) is 5.00 Å². The van der Waals surface area contributed by atoms with Crippen LogP contribution in [0.1, 0.15) is 85.5 Å². The third-order valence-corrected chi connectivity index (χ3v) is 5.78. The highest BCUT2D eigenvalue weighted by Crippen LogP contribution is 2.39. The zero-order valence-corrected chi connectivity index (χ0v) is 15.7. The summed E-state index contributed by atoms with van der Waals surface area (Å²) in [6.45, 7) is 2.22. The molecule has 1 aliphatic carbocycles. The first kappa shape index (κ1) is 19.0. The molecular weight excluding hydrogens is 322 g/mol. The van der Waals surface area contributed by atoms with E-state index in [0.717, 1.165) is 37.7 Å². The van der Waals surface area contributed by atoms with E-state index >= 15 is 0 Å². The molecule has 1 aromatic rings. The van der Waals surface area contributed by atoms with Crippen LogP contribution in [-0.2, 0) is 22.4 Å². The Balaban J connectivity index is 1.81. The van der Waals surface area contributed by atoms with Crippen LogP contribution in [0.25, 0.3) is 0 Å². The average molecular weight is 352 g/mol. The predicted molar refractivity (Wildman–Crippen MR) is 98.9 cm³/mol. The smallest absolute Gasteiger partial charge is 0.341 e. The Bertz CT molecular complexity index is 565. The lowest BCUT2D eigenvalue weighted by molar-refractivity contribution is -0.116. The van der Waals surface area contributed by atoms with Crippen molar-refractivity contribution in [2.24, 2.45) is 0 Å². The molecule has 0 unspecified atom stereocenters. The van der Waals surface area contributed by atoms with Crippen molar-refractivity contribution >= 4 is 28.2 Å². The first-order valence-corrected chi connectivity index (χ1v) is 10.0. The van der Waals surface area contributed by atoms with Crippen molar-refractivity contribution in [3.8, 4) is 0 Å². The SMILES string of the molecule is CCCCCCCCCC(=O)Nc1sc2c(c1C(=O)OC)CCC2. The van der Waals surface area contributed by atoms with Gasteiger partial charge in [-0.25, -0.2) is 4.79 Å². The van der Waals surface area contributed by atoms with Crippen LogP contribution in [-0.4, -0.2) is 19.0 Å². The van der Waals surface area contributed by atoms with E-state index in [-0.39, 0.29) is 11.9 Å². The van der Waals surface area contributed by atoms with Gasteiger partial charge in [-0.05, 0) is 31.2 Å². The van der Waals surface area contributed by atoms with E-state index in [1.807, 2.05) is 0 Å². The van der Waals surface area contributed by atoms with Crippen molar-refractivity contribution in [3.05, 3.63) is 16.0 Å². The summed E-state index contributed by atoms with van der Waals surface area (Å²) in [4.78, 5) is 25.5. The molecule has 0 bridgehead atoms. The van der Waals surface area contributed by atoms with Gasteiger partial charge in [0.15, 0.2) is 0 Å². The van der Waals surface area contributed by atoms with Gasteiger partial charge in [-0.1, -0.05) is 45.4 Å². The highest BCUT2D eigenvalue weighted by atomic mass is 32.1. The summed E-state index contributed by atoms with van der Waals surface area (Å²) in [7, 11) is 1.39. The van der Waals surface area contributed by atoms with Crippen LogP contribution in [0.15, 0.2) is 0 Å². The van der Waals surface area contributed by atoms with E-state index in [2.05, 4.69) is 12.2 Å². The number of anilines is 1. The van der Waals surface area contributed by atoms with Crippen molar-refractivity contribution in [1.82, 2.24) is 0 Å². The lowest BCUT2D eigenvalue weighted by Crippen LogP contribution is -2.14. The zero-order valence-electron chi connectivity index (χ0n) is 14.9. The number of hydrogen-bond acceptors (Lipinski definition) is 4. The van der Waals surface area contributed by atoms with Gasteiger partial charge in [0, 0.05) is 11.3 Å². The van der Waals surface area contributed by atoms with E-state index in [9.17, 15) is 9.59 Å². The number of aryl methyl sites for hydroxylation is 1. The molecule has 0 aromatic carbocycles. The summed E-state index contributed by atoms with van der Waals surface area (Å²) in [5, 5.41) is 3.63. The Hall–Kier alpha value is -1.36. The molecule has 1 N–H and O–H groups in total. The van der Waals surface area contributed by atoms with Gasteiger partial charge in [0.2, 0.25) is 5.91 Å². The van der Waals surface area contributed by atoms with Crippen LogP contribution in [0.5, 0.6) is 0 Å². The van der Waals surface area contributed by atoms with Crippen LogP contribution >= 0.6 is 11.3 Å². The number of unbranched alkanes of at least 4 members (excludes halogenated alkanes) is 6. The minimum atomic E-state index is -0.333. The second kappa shape index (κ2) is 9.82. The zero-order chi connectivity index (χ0) is 17.4. The highest BCUT2D eigenvalue weighted by Gasteiger charge is 2.27. The summed E-state index contributed by atoms with van der Waals surface area (Å²) in [6.07, 6.45) is 11.9. The summed E-state index contributed by atoms with van der Waals surface area (Å²) >= 11 is 1.54. The van der Waals surface area contributed by atoms with Crippen LogP contribution in [0, 0.1) is 0 Å². The molecule has 0 spiro atoms. The van der Waals surface area contributed by atoms with Gasteiger partial charge in [-0.3, -0.25) is 4.79 Å². The maximum Gasteiger partial charge on any atom is 0.341 e. The van der Waals surface area contributed by atoms with E-state index < -0.39 is 0 Å². The fourth-order valence-electron chi connectivity index (χ4n) is 3.24. The summed E-state index contributed by atoms with van der Waals surface area (Å²) < 4.78 is 4.90. The number of amides is 1. The molecule has 0 radical (unpaired) electrons. The van der Waals surface area contributed by atoms with Gasteiger partial charge in [0.05, 0.1) is 12.7 Å². The minimum absolute atomic E-state index is 0.00800. The molecule has 1 aromatic heterocycles. The monoisotopic (exact) mass is 351 g/mol. The molecule has 0 aliphatic heterocycles. The van der Waals surface area contributed by atoms with Crippen molar-refractivity contribution in [2.75, 3.05) is 12.4 Å². The van der Waals surface area contributed by atoms with Crippen LogP contribution in [0.3, 0.4) is 0 Å². The molecule has 24 heavy (non-hydrogen) atoms. The standard InChI is InChI=1S/C19H29NO3S/c1-3-4-5-6-7-8-9-13-16(21)20-18-17(19(22)23-2)14-11-10-12-15(14)24-18/h3-13H2,1-2H3,(H,20,21). The number of nitrogens with one attached hydrogen (secondary N) is 1. The lowest BCUT2D eigenvalue weighted by Gasteiger charge is -2.07. The van der Waals surface area contributed by atoms with Gasteiger partial charge >= 0.3 is 5.97 Å². The second-order valence-electron chi connectivity index (χ2n) is 6.47. The van der Waals surface area contributed by atoms with E-state index in [1.165, 1.54) is 44.1 Å². The number of fused-ring (bicyclic) bond motifs is 1. The van der Waals surface area contributed by atoms with Gasteiger partial charge in [0.25, 0.3) is 0 Å². The topological polar surface area (TPSA) is 55.4 Å². The fourth-order valence-corrected chi connectivity index (χ4v) is 4.54. The normalized spacial score (nSPS) is 12.9. The van der Waals surface area contributed by atoms with E-state index in [0.29, 0.717) is 17.0 Å². The van der Waals surface area contributed by atoms with Crippen molar-refractivity contribution in [3.63, 3.8) is 0 Å². The van der Waals surface area contributed by atoms with Gasteiger partial charge in [-0.15, -0.1) is 11.3 Å². The Morgan fingerprint density at radius 3 is 2.50 bits per heavy atom. The second-order valence-corrected chi connectivity index (χ2v) is 7.58. The molecule has 2 rings (SSSR count). The molecule has 134 valence electrons. The number of carbonyl (C=O) groups excluding carboxylic acids is 2. The number of hydrogen-bond donors (Lipinski definition) is 1. The third-order valence-electron chi connectivity index (χ3n) is 4.57. The maximum absolute atomic E-state index is 12.2. The van der Waals surface area contributed by atoms with Crippen LogP contribution < -0.4 is 5.32 Å². The first-order chi connectivity index (χ1) is 11.7. The molecule has 0 atom stereocenters. The number of ether oxygens (including phenoxy) is 1. The Labute approximate surface area is 149 Å². The molecule has 1 aliphatic rings. The van der Waals surface area contributed by atoms with Crippen molar-refractivity contribution in [2.45, 2.75) is 77.6 Å². The van der Waals surface area contributed by atoms with Crippen molar-refractivity contribution in [1.29, 1.82) is 0 Å². The third kappa shape index (κ3) is 5.07. The quantitative estimate of drug-likeness (QED) is 0.471. The predicted octanol–water partition coefficient (Wildman–Crippen LogP) is 5.10.